The molecule has 0 spiro atoms. The molecule has 1 fully saturated rings. The largest absolute Gasteiger partial charge is 0.493 e. The Morgan fingerprint density at radius 2 is 2.25 bits per heavy atom. The van der Waals surface area contributed by atoms with Crippen LogP contribution in [0, 0.1) is 6.92 Å². The van der Waals surface area contributed by atoms with E-state index in [-0.39, 0.29) is 18.9 Å². The number of carbonyl (C=O) groups excluding carboxylic acids is 1. The Hall–Kier alpha value is -2.04. The van der Waals surface area contributed by atoms with E-state index in [1.165, 1.54) is 4.90 Å². The Balaban J connectivity index is 1.82. The van der Waals surface area contributed by atoms with Crippen LogP contribution in [0.2, 0.25) is 0 Å². The highest BCUT2D eigenvalue weighted by Crippen LogP contribution is 2.19. The zero-order valence-electron chi connectivity index (χ0n) is 11.5. The van der Waals surface area contributed by atoms with Crippen molar-refractivity contribution in [3.8, 4) is 5.75 Å². The molecular formula is C15H19NO4. The molecule has 1 heterocycles. The first-order valence-electron chi connectivity index (χ1n) is 6.79. The first-order valence-corrected chi connectivity index (χ1v) is 6.79. The number of ether oxygens (including phenoxy) is 1. The van der Waals surface area contributed by atoms with Gasteiger partial charge in [-0.3, -0.25) is 4.79 Å². The van der Waals surface area contributed by atoms with E-state index in [1.807, 2.05) is 31.2 Å². The Labute approximate surface area is 118 Å². The van der Waals surface area contributed by atoms with Gasteiger partial charge in [-0.2, -0.15) is 0 Å². The van der Waals surface area contributed by atoms with E-state index in [2.05, 4.69) is 0 Å². The molecule has 1 saturated heterocycles. The number of hydrogen-bond acceptors (Lipinski definition) is 3. The van der Waals surface area contributed by atoms with Gasteiger partial charge < -0.3 is 14.7 Å². The van der Waals surface area contributed by atoms with Gasteiger partial charge in [0.1, 0.15) is 11.8 Å². The van der Waals surface area contributed by atoms with Crippen molar-refractivity contribution >= 4 is 11.9 Å². The fourth-order valence-corrected chi connectivity index (χ4v) is 2.43. The molecule has 2 rings (SSSR count). The smallest absolute Gasteiger partial charge is 0.326 e. The number of aryl methyl sites for hydroxylation is 1. The lowest BCUT2D eigenvalue weighted by Gasteiger charge is -2.21. The summed E-state index contributed by atoms with van der Waals surface area (Å²) in [5.74, 6) is -0.341. The molecule has 1 aliphatic rings. The quantitative estimate of drug-likeness (QED) is 0.891. The van der Waals surface area contributed by atoms with Crippen LogP contribution in [-0.4, -0.2) is 41.1 Å². The average molecular weight is 277 g/mol. The van der Waals surface area contributed by atoms with E-state index >= 15 is 0 Å². The molecule has 0 radical (unpaired) electrons. The zero-order chi connectivity index (χ0) is 14.5. The number of benzene rings is 1. The number of hydrogen-bond donors (Lipinski definition) is 1. The van der Waals surface area contributed by atoms with Crippen LogP contribution in [0.1, 0.15) is 24.8 Å². The van der Waals surface area contributed by atoms with Crippen LogP contribution in [-0.2, 0) is 9.59 Å². The Morgan fingerprint density at radius 1 is 1.45 bits per heavy atom. The summed E-state index contributed by atoms with van der Waals surface area (Å²) in [6.07, 6.45) is 1.50. The van der Waals surface area contributed by atoms with Crippen molar-refractivity contribution in [2.75, 3.05) is 13.2 Å². The standard InChI is InChI=1S/C15H19NO4/c1-11-4-2-5-12(10-11)20-9-7-14(17)16-8-3-6-13(16)15(18)19/h2,4-5,10,13H,3,6-9H2,1H3,(H,18,19)/t13-/m1/s1. The van der Waals surface area contributed by atoms with Crippen LogP contribution in [0.25, 0.3) is 0 Å². The first-order chi connectivity index (χ1) is 9.58. The van der Waals surface area contributed by atoms with Crippen molar-refractivity contribution in [1.29, 1.82) is 0 Å². The second-order valence-electron chi connectivity index (χ2n) is 5.00. The number of carboxylic acid groups (broad SMARTS) is 1. The zero-order valence-corrected chi connectivity index (χ0v) is 11.5. The number of nitrogens with zero attached hydrogens (tertiary/aromatic N) is 1. The predicted octanol–water partition coefficient (Wildman–Crippen LogP) is 1.84. The maximum Gasteiger partial charge on any atom is 0.326 e. The highest BCUT2D eigenvalue weighted by atomic mass is 16.5. The molecule has 1 atom stereocenters. The molecule has 1 amide bonds. The molecule has 1 aromatic rings. The van der Waals surface area contributed by atoms with Crippen LogP contribution in [0.3, 0.4) is 0 Å². The van der Waals surface area contributed by atoms with Gasteiger partial charge in [0.15, 0.2) is 0 Å². The molecule has 5 heteroatoms. The van der Waals surface area contributed by atoms with E-state index in [1.54, 1.807) is 0 Å². The Morgan fingerprint density at radius 3 is 2.95 bits per heavy atom. The molecule has 0 aromatic heterocycles. The molecule has 0 aliphatic carbocycles. The molecule has 20 heavy (non-hydrogen) atoms. The van der Waals surface area contributed by atoms with Gasteiger partial charge in [-0.25, -0.2) is 4.79 Å². The fourth-order valence-electron chi connectivity index (χ4n) is 2.43. The Kier molecular flexibility index (Phi) is 4.61. The number of amides is 1. The molecule has 0 saturated carbocycles. The van der Waals surface area contributed by atoms with E-state index < -0.39 is 12.0 Å². The van der Waals surface area contributed by atoms with Gasteiger partial charge in [-0.1, -0.05) is 12.1 Å². The van der Waals surface area contributed by atoms with E-state index in [9.17, 15) is 9.59 Å². The number of carbonyl (C=O) groups is 2. The van der Waals surface area contributed by atoms with Crippen molar-refractivity contribution in [1.82, 2.24) is 4.90 Å². The first kappa shape index (κ1) is 14.4. The summed E-state index contributed by atoms with van der Waals surface area (Å²) in [6.45, 7) is 2.77. The molecule has 0 bridgehead atoms. The topological polar surface area (TPSA) is 66.8 Å². The SMILES string of the molecule is Cc1cccc(OCCC(=O)N2CCC[C@@H]2C(=O)O)c1. The number of likely N-dealkylation sites (tertiary alicyclic amines) is 1. The molecule has 108 valence electrons. The predicted molar refractivity (Wildman–Crippen MR) is 73.7 cm³/mol. The summed E-state index contributed by atoms with van der Waals surface area (Å²) < 4.78 is 5.52. The molecule has 1 aromatic carbocycles. The van der Waals surface area contributed by atoms with Gasteiger partial charge in [-0.15, -0.1) is 0 Å². The van der Waals surface area contributed by atoms with Crippen LogP contribution in [0.5, 0.6) is 5.75 Å². The highest BCUT2D eigenvalue weighted by Gasteiger charge is 2.33. The lowest BCUT2D eigenvalue weighted by molar-refractivity contribution is -0.148. The highest BCUT2D eigenvalue weighted by molar-refractivity contribution is 5.84. The van der Waals surface area contributed by atoms with Crippen molar-refractivity contribution in [3.05, 3.63) is 29.8 Å². The fraction of sp³-hybridized carbons (Fsp3) is 0.467. The van der Waals surface area contributed by atoms with Crippen molar-refractivity contribution in [2.45, 2.75) is 32.2 Å². The van der Waals surface area contributed by atoms with E-state index in [0.717, 1.165) is 17.7 Å². The summed E-state index contributed by atoms with van der Waals surface area (Å²) in [5, 5.41) is 9.04. The minimum atomic E-state index is -0.921. The summed E-state index contributed by atoms with van der Waals surface area (Å²) in [7, 11) is 0. The lowest BCUT2D eigenvalue weighted by Crippen LogP contribution is -2.40. The van der Waals surface area contributed by atoms with Crippen LogP contribution >= 0.6 is 0 Å². The third kappa shape index (κ3) is 3.50. The third-order valence-corrected chi connectivity index (χ3v) is 3.43. The van der Waals surface area contributed by atoms with Crippen LogP contribution < -0.4 is 4.74 Å². The van der Waals surface area contributed by atoms with Gasteiger partial charge in [0.2, 0.25) is 5.91 Å². The van der Waals surface area contributed by atoms with Crippen molar-refractivity contribution in [3.63, 3.8) is 0 Å². The number of aliphatic carboxylic acids is 1. The third-order valence-electron chi connectivity index (χ3n) is 3.43. The van der Waals surface area contributed by atoms with Gasteiger partial charge >= 0.3 is 5.97 Å². The van der Waals surface area contributed by atoms with Crippen LogP contribution in [0.4, 0.5) is 0 Å². The normalized spacial score (nSPS) is 18.1. The average Bonchev–Trinajstić information content (AvgIpc) is 2.88. The lowest BCUT2D eigenvalue weighted by atomic mass is 10.2. The second-order valence-corrected chi connectivity index (χ2v) is 5.00. The minimum Gasteiger partial charge on any atom is -0.493 e. The van der Waals surface area contributed by atoms with Gasteiger partial charge in [-0.05, 0) is 37.5 Å². The summed E-state index contributed by atoms with van der Waals surface area (Å²) in [5.41, 5.74) is 1.10. The van der Waals surface area contributed by atoms with E-state index in [4.69, 9.17) is 9.84 Å². The van der Waals surface area contributed by atoms with Crippen molar-refractivity contribution in [2.24, 2.45) is 0 Å². The molecule has 1 aliphatic heterocycles. The summed E-state index contributed by atoms with van der Waals surface area (Å²) in [4.78, 5) is 24.5. The molecular weight excluding hydrogens is 258 g/mol. The molecule has 0 unspecified atom stereocenters. The molecule has 5 nitrogen and oxygen atoms in total. The van der Waals surface area contributed by atoms with Crippen molar-refractivity contribution < 1.29 is 19.4 Å². The summed E-state index contributed by atoms with van der Waals surface area (Å²) >= 11 is 0. The second kappa shape index (κ2) is 6.41. The van der Waals surface area contributed by atoms with Gasteiger partial charge in [0.05, 0.1) is 13.0 Å². The summed E-state index contributed by atoms with van der Waals surface area (Å²) in [6, 6.07) is 6.95. The maximum atomic E-state index is 12.0. The van der Waals surface area contributed by atoms with E-state index in [0.29, 0.717) is 13.0 Å². The van der Waals surface area contributed by atoms with Crippen LogP contribution in [0.15, 0.2) is 24.3 Å². The monoisotopic (exact) mass is 277 g/mol. The van der Waals surface area contributed by atoms with Gasteiger partial charge in [0.25, 0.3) is 0 Å². The van der Waals surface area contributed by atoms with Gasteiger partial charge in [0, 0.05) is 6.54 Å². The maximum absolute atomic E-state index is 12.0. The number of rotatable bonds is 5. The Bertz CT molecular complexity index is 500. The molecule has 1 N–H and O–H groups in total. The number of carboxylic acids is 1. The minimum absolute atomic E-state index is 0.150.